The van der Waals surface area contributed by atoms with Crippen LogP contribution in [-0.2, 0) is 10.0 Å². The van der Waals surface area contributed by atoms with Crippen molar-refractivity contribution in [2.45, 2.75) is 57.2 Å². The zero-order valence-electron chi connectivity index (χ0n) is 12.7. The van der Waals surface area contributed by atoms with E-state index in [0.717, 1.165) is 19.5 Å². The first kappa shape index (κ1) is 16.0. The Morgan fingerprint density at radius 1 is 1.30 bits per heavy atom. The van der Waals surface area contributed by atoms with E-state index in [9.17, 15) is 8.42 Å². The number of piperidine rings is 1. The van der Waals surface area contributed by atoms with Crippen molar-refractivity contribution in [3.63, 3.8) is 0 Å². The normalized spacial score (nSPS) is 28.9. The molecule has 4 nitrogen and oxygen atoms in total. The van der Waals surface area contributed by atoms with E-state index in [4.69, 9.17) is 0 Å². The van der Waals surface area contributed by atoms with Gasteiger partial charge in [-0.05, 0) is 58.4 Å². The highest BCUT2D eigenvalue weighted by Crippen LogP contribution is 2.23. The second-order valence-electron chi connectivity index (χ2n) is 6.37. The van der Waals surface area contributed by atoms with E-state index in [2.05, 4.69) is 21.8 Å². The molecule has 2 atom stereocenters. The fraction of sp³-hybridized carbons (Fsp3) is 0.867. The van der Waals surface area contributed by atoms with Gasteiger partial charge in [0.05, 0.1) is 5.25 Å². The summed E-state index contributed by atoms with van der Waals surface area (Å²) < 4.78 is 26.4. The van der Waals surface area contributed by atoms with E-state index in [0.29, 0.717) is 18.5 Å². The summed E-state index contributed by atoms with van der Waals surface area (Å²) in [6, 6.07) is 0.577. The summed E-state index contributed by atoms with van der Waals surface area (Å²) >= 11 is 0. The van der Waals surface area contributed by atoms with E-state index < -0.39 is 10.0 Å². The quantitative estimate of drug-likeness (QED) is 0.791. The van der Waals surface area contributed by atoms with Crippen molar-refractivity contribution in [1.82, 2.24) is 9.62 Å². The molecule has 0 aromatic heterocycles. The van der Waals surface area contributed by atoms with Crippen molar-refractivity contribution in [3.05, 3.63) is 12.2 Å². The van der Waals surface area contributed by atoms with Crippen molar-refractivity contribution >= 4 is 10.0 Å². The summed E-state index contributed by atoms with van der Waals surface area (Å²) in [6.45, 7) is 6.22. The molecule has 0 unspecified atom stereocenters. The number of likely N-dealkylation sites (tertiary alicyclic amines) is 1. The number of hydrogen-bond donors (Lipinski definition) is 1. The molecule has 0 aromatic rings. The first-order valence-electron chi connectivity index (χ1n) is 7.88. The van der Waals surface area contributed by atoms with E-state index >= 15 is 0 Å². The third kappa shape index (κ3) is 4.30. The number of allylic oxidation sites excluding steroid dienone is 1. The Morgan fingerprint density at radius 2 is 2.10 bits per heavy atom. The van der Waals surface area contributed by atoms with Gasteiger partial charge in [0.15, 0.2) is 0 Å². The van der Waals surface area contributed by atoms with Crippen LogP contribution < -0.4 is 4.72 Å². The van der Waals surface area contributed by atoms with Crippen molar-refractivity contribution in [3.8, 4) is 0 Å². The highest BCUT2D eigenvalue weighted by molar-refractivity contribution is 7.90. The Bertz CT molecular complexity index is 431. The Balaban J connectivity index is 1.84. The molecule has 116 valence electrons. The number of nitrogens with zero attached hydrogens (tertiary/aromatic N) is 1. The highest BCUT2D eigenvalue weighted by atomic mass is 32.2. The van der Waals surface area contributed by atoms with Gasteiger partial charge in [-0.25, -0.2) is 13.1 Å². The first-order valence-corrected chi connectivity index (χ1v) is 9.43. The Labute approximate surface area is 123 Å². The standard InChI is InChI=1S/C15H28N2O2S/c1-13(2)20(18,19)16-11-14-7-6-10-17(12-14)15-8-4-3-5-9-15/h4,8,13-16H,3,5-7,9-12H2,1-2H3/t14-,15-/m1/s1. The fourth-order valence-corrected chi connectivity index (χ4v) is 3.87. The predicted octanol–water partition coefficient (Wildman–Crippen LogP) is 2.13. The minimum atomic E-state index is -3.12. The maximum absolute atomic E-state index is 11.8. The van der Waals surface area contributed by atoms with E-state index in [-0.39, 0.29) is 5.25 Å². The van der Waals surface area contributed by atoms with E-state index in [1.54, 1.807) is 13.8 Å². The summed E-state index contributed by atoms with van der Waals surface area (Å²) in [5.74, 6) is 0.451. The summed E-state index contributed by atoms with van der Waals surface area (Å²) in [4.78, 5) is 2.54. The van der Waals surface area contributed by atoms with Crippen LogP contribution in [0, 0.1) is 5.92 Å². The molecule has 5 heteroatoms. The maximum atomic E-state index is 11.8. The van der Waals surface area contributed by atoms with Gasteiger partial charge >= 0.3 is 0 Å². The lowest BCUT2D eigenvalue weighted by atomic mass is 9.94. The van der Waals surface area contributed by atoms with Gasteiger partial charge in [-0.3, -0.25) is 4.90 Å². The van der Waals surface area contributed by atoms with Gasteiger partial charge in [0, 0.05) is 19.1 Å². The second-order valence-corrected chi connectivity index (χ2v) is 8.69. The van der Waals surface area contributed by atoms with Gasteiger partial charge < -0.3 is 0 Å². The Kier molecular flexibility index (Phi) is 5.64. The molecular weight excluding hydrogens is 272 g/mol. The molecule has 0 saturated carbocycles. The van der Waals surface area contributed by atoms with Crippen LogP contribution in [0.2, 0.25) is 0 Å². The molecule has 0 bridgehead atoms. The monoisotopic (exact) mass is 300 g/mol. The van der Waals surface area contributed by atoms with Crippen LogP contribution in [0.15, 0.2) is 12.2 Å². The molecule has 1 fully saturated rings. The molecule has 1 N–H and O–H groups in total. The number of sulfonamides is 1. The number of hydrogen-bond acceptors (Lipinski definition) is 3. The molecule has 1 aliphatic heterocycles. The highest BCUT2D eigenvalue weighted by Gasteiger charge is 2.26. The molecule has 0 aromatic carbocycles. The molecule has 1 heterocycles. The number of nitrogens with one attached hydrogen (secondary N) is 1. The average molecular weight is 300 g/mol. The smallest absolute Gasteiger partial charge is 0.213 e. The van der Waals surface area contributed by atoms with Crippen molar-refractivity contribution in [1.29, 1.82) is 0 Å². The lowest BCUT2D eigenvalue weighted by molar-refractivity contribution is 0.137. The van der Waals surface area contributed by atoms with Crippen LogP contribution in [-0.4, -0.2) is 44.2 Å². The topological polar surface area (TPSA) is 49.4 Å². The lowest BCUT2D eigenvalue weighted by Crippen LogP contribution is -2.46. The lowest BCUT2D eigenvalue weighted by Gasteiger charge is -2.38. The minimum Gasteiger partial charge on any atom is -0.297 e. The van der Waals surface area contributed by atoms with Gasteiger partial charge in [-0.2, -0.15) is 0 Å². The molecule has 0 amide bonds. The second kappa shape index (κ2) is 7.05. The fourth-order valence-electron chi connectivity index (χ4n) is 3.06. The van der Waals surface area contributed by atoms with Crippen LogP contribution in [0.4, 0.5) is 0 Å². The summed E-state index contributed by atoms with van der Waals surface area (Å²) in [5.41, 5.74) is 0. The summed E-state index contributed by atoms with van der Waals surface area (Å²) in [6.07, 6.45) is 10.7. The van der Waals surface area contributed by atoms with Crippen LogP contribution in [0.3, 0.4) is 0 Å². The van der Waals surface area contributed by atoms with Crippen molar-refractivity contribution < 1.29 is 8.42 Å². The van der Waals surface area contributed by atoms with Crippen molar-refractivity contribution in [2.75, 3.05) is 19.6 Å². The Morgan fingerprint density at radius 3 is 2.75 bits per heavy atom. The molecule has 2 rings (SSSR count). The largest absolute Gasteiger partial charge is 0.297 e. The van der Waals surface area contributed by atoms with Gasteiger partial charge in [0.25, 0.3) is 0 Å². The van der Waals surface area contributed by atoms with Crippen LogP contribution in [0.1, 0.15) is 46.0 Å². The maximum Gasteiger partial charge on any atom is 0.213 e. The van der Waals surface area contributed by atoms with E-state index in [1.165, 1.54) is 25.7 Å². The van der Waals surface area contributed by atoms with Gasteiger partial charge in [-0.1, -0.05) is 12.2 Å². The number of rotatable bonds is 5. The zero-order valence-corrected chi connectivity index (χ0v) is 13.5. The van der Waals surface area contributed by atoms with Gasteiger partial charge in [0.2, 0.25) is 10.0 Å². The average Bonchev–Trinajstić information content (AvgIpc) is 2.46. The summed E-state index contributed by atoms with van der Waals surface area (Å²) in [7, 11) is -3.12. The Hall–Kier alpha value is -0.390. The first-order chi connectivity index (χ1) is 9.49. The summed E-state index contributed by atoms with van der Waals surface area (Å²) in [5, 5.41) is -0.344. The van der Waals surface area contributed by atoms with Crippen LogP contribution >= 0.6 is 0 Å². The predicted molar refractivity (Wildman–Crippen MR) is 83.1 cm³/mol. The zero-order chi connectivity index (χ0) is 14.6. The molecule has 0 spiro atoms. The van der Waals surface area contributed by atoms with Crippen LogP contribution in [0.25, 0.3) is 0 Å². The molecule has 1 aliphatic carbocycles. The van der Waals surface area contributed by atoms with Crippen molar-refractivity contribution in [2.24, 2.45) is 5.92 Å². The molecular formula is C15H28N2O2S. The molecule has 2 aliphatic rings. The molecule has 0 radical (unpaired) electrons. The third-order valence-electron chi connectivity index (χ3n) is 4.44. The molecule has 1 saturated heterocycles. The minimum absolute atomic E-state index is 0.344. The van der Waals surface area contributed by atoms with E-state index in [1.807, 2.05) is 0 Å². The third-order valence-corrected chi connectivity index (χ3v) is 6.25. The van der Waals surface area contributed by atoms with Gasteiger partial charge in [-0.15, -0.1) is 0 Å². The van der Waals surface area contributed by atoms with Gasteiger partial charge in [0.1, 0.15) is 0 Å². The SMILES string of the molecule is CC(C)S(=O)(=O)NC[C@H]1CCCN([C@@H]2C=CCCC2)C1. The molecule has 20 heavy (non-hydrogen) atoms. The van der Waals surface area contributed by atoms with Crippen LogP contribution in [0.5, 0.6) is 0 Å².